The average molecular weight is 279 g/mol. The van der Waals surface area contributed by atoms with Crippen molar-refractivity contribution in [1.29, 1.82) is 0 Å². The van der Waals surface area contributed by atoms with E-state index in [1.807, 2.05) is 37.3 Å². The highest BCUT2D eigenvalue weighted by Gasteiger charge is 2.16. The number of para-hydroxylation sites is 1. The molecule has 0 atom stereocenters. The van der Waals surface area contributed by atoms with Crippen LogP contribution in [-0.4, -0.2) is 19.2 Å². The summed E-state index contributed by atoms with van der Waals surface area (Å²) >= 11 is 0. The van der Waals surface area contributed by atoms with Gasteiger partial charge in [0.25, 0.3) is 0 Å². The van der Waals surface area contributed by atoms with Crippen molar-refractivity contribution in [1.82, 2.24) is 4.98 Å². The lowest BCUT2D eigenvalue weighted by atomic mass is 9.98. The molecule has 0 saturated heterocycles. The SMILES string of the molecule is COc1cc(C)cc(OC)c1-c1cccc2cccnc12. The van der Waals surface area contributed by atoms with Gasteiger partial charge < -0.3 is 9.47 Å². The van der Waals surface area contributed by atoms with Gasteiger partial charge in [0.2, 0.25) is 0 Å². The molecule has 21 heavy (non-hydrogen) atoms. The molecule has 0 aliphatic carbocycles. The molecule has 3 nitrogen and oxygen atoms in total. The first-order chi connectivity index (χ1) is 10.2. The number of methoxy groups -OCH3 is 2. The summed E-state index contributed by atoms with van der Waals surface area (Å²) in [5.74, 6) is 1.59. The molecule has 3 aromatic rings. The predicted octanol–water partition coefficient (Wildman–Crippen LogP) is 4.23. The number of aryl methyl sites for hydroxylation is 1. The summed E-state index contributed by atoms with van der Waals surface area (Å²) in [6.45, 7) is 2.02. The lowest BCUT2D eigenvalue weighted by Crippen LogP contribution is -1.95. The minimum Gasteiger partial charge on any atom is -0.496 e. The van der Waals surface area contributed by atoms with Gasteiger partial charge in [0.1, 0.15) is 11.5 Å². The summed E-state index contributed by atoms with van der Waals surface area (Å²) in [4.78, 5) is 4.52. The Morgan fingerprint density at radius 1 is 0.905 bits per heavy atom. The number of nitrogens with zero attached hydrogens (tertiary/aromatic N) is 1. The third-order valence-corrected chi connectivity index (χ3v) is 3.55. The highest BCUT2D eigenvalue weighted by atomic mass is 16.5. The summed E-state index contributed by atoms with van der Waals surface area (Å²) in [7, 11) is 3.35. The molecule has 0 saturated carbocycles. The van der Waals surface area contributed by atoms with Gasteiger partial charge in [-0.05, 0) is 30.7 Å². The fraction of sp³-hybridized carbons (Fsp3) is 0.167. The molecule has 0 spiro atoms. The number of ether oxygens (including phenoxy) is 2. The quantitative estimate of drug-likeness (QED) is 0.719. The number of hydrogen-bond acceptors (Lipinski definition) is 3. The van der Waals surface area contributed by atoms with Gasteiger partial charge in [-0.1, -0.05) is 24.3 Å². The van der Waals surface area contributed by atoms with E-state index in [1.54, 1.807) is 20.4 Å². The molecular formula is C18H17NO2. The van der Waals surface area contributed by atoms with Crippen molar-refractivity contribution in [2.24, 2.45) is 0 Å². The Morgan fingerprint density at radius 2 is 1.57 bits per heavy atom. The van der Waals surface area contributed by atoms with Gasteiger partial charge in [-0.3, -0.25) is 4.98 Å². The third-order valence-electron chi connectivity index (χ3n) is 3.55. The number of hydrogen-bond donors (Lipinski definition) is 0. The maximum atomic E-state index is 5.56. The fourth-order valence-corrected chi connectivity index (χ4v) is 2.61. The lowest BCUT2D eigenvalue weighted by Gasteiger charge is -2.15. The molecule has 0 bridgehead atoms. The van der Waals surface area contributed by atoms with E-state index in [9.17, 15) is 0 Å². The van der Waals surface area contributed by atoms with Crippen molar-refractivity contribution in [3.05, 3.63) is 54.2 Å². The molecule has 0 aliphatic heterocycles. The van der Waals surface area contributed by atoms with Gasteiger partial charge in [0, 0.05) is 17.1 Å². The van der Waals surface area contributed by atoms with Crippen LogP contribution < -0.4 is 9.47 Å². The first-order valence-corrected chi connectivity index (χ1v) is 6.81. The van der Waals surface area contributed by atoms with Crippen molar-refractivity contribution in [2.45, 2.75) is 6.92 Å². The van der Waals surface area contributed by atoms with Gasteiger partial charge in [-0.2, -0.15) is 0 Å². The van der Waals surface area contributed by atoms with Gasteiger partial charge in [-0.25, -0.2) is 0 Å². The second-order valence-corrected chi connectivity index (χ2v) is 4.93. The van der Waals surface area contributed by atoms with Crippen molar-refractivity contribution in [3.8, 4) is 22.6 Å². The zero-order chi connectivity index (χ0) is 14.8. The summed E-state index contributed by atoms with van der Waals surface area (Å²) in [5, 5.41) is 1.10. The molecule has 3 heteroatoms. The van der Waals surface area contributed by atoms with Crippen LogP contribution in [0.25, 0.3) is 22.0 Å². The third kappa shape index (κ3) is 2.31. The topological polar surface area (TPSA) is 31.4 Å². The van der Waals surface area contributed by atoms with Gasteiger partial charge in [-0.15, -0.1) is 0 Å². The number of fused-ring (bicyclic) bond motifs is 1. The van der Waals surface area contributed by atoms with Crippen LogP contribution in [0.15, 0.2) is 48.7 Å². The summed E-state index contributed by atoms with van der Waals surface area (Å²) < 4.78 is 11.1. The zero-order valence-electron chi connectivity index (χ0n) is 12.4. The van der Waals surface area contributed by atoms with E-state index in [0.717, 1.165) is 39.1 Å². The van der Waals surface area contributed by atoms with Crippen LogP contribution in [0.2, 0.25) is 0 Å². The number of pyridine rings is 1. The average Bonchev–Trinajstić information content (AvgIpc) is 2.53. The summed E-state index contributed by atoms with van der Waals surface area (Å²) in [6, 6.07) is 14.1. The van der Waals surface area contributed by atoms with Crippen molar-refractivity contribution >= 4 is 10.9 Å². The molecule has 0 radical (unpaired) electrons. The van der Waals surface area contributed by atoms with Crippen LogP contribution in [-0.2, 0) is 0 Å². The van der Waals surface area contributed by atoms with E-state index in [-0.39, 0.29) is 0 Å². The van der Waals surface area contributed by atoms with E-state index in [4.69, 9.17) is 9.47 Å². The number of aromatic nitrogens is 1. The maximum Gasteiger partial charge on any atom is 0.130 e. The van der Waals surface area contributed by atoms with Crippen LogP contribution >= 0.6 is 0 Å². The maximum absolute atomic E-state index is 5.56. The molecule has 0 unspecified atom stereocenters. The van der Waals surface area contributed by atoms with Crippen LogP contribution in [0.3, 0.4) is 0 Å². The van der Waals surface area contributed by atoms with Crippen LogP contribution in [0.1, 0.15) is 5.56 Å². The molecule has 106 valence electrons. The van der Waals surface area contributed by atoms with E-state index < -0.39 is 0 Å². The highest BCUT2D eigenvalue weighted by molar-refractivity contribution is 5.97. The standard InChI is InChI=1S/C18H17NO2/c1-12-10-15(20-2)17(16(11-12)21-3)14-8-4-6-13-7-5-9-19-18(13)14/h4-11H,1-3H3. The Morgan fingerprint density at radius 3 is 2.24 bits per heavy atom. The Bertz CT molecular complexity index is 766. The molecule has 0 N–H and O–H groups in total. The van der Waals surface area contributed by atoms with Gasteiger partial charge >= 0.3 is 0 Å². The lowest BCUT2D eigenvalue weighted by molar-refractivity contribution is 0.397. The molecule has 0 aliphatic rings. The fourth-order valence-electron chi connectivity index (χ4n) is 2.61. The normalized spacial score (nSPS) is 10.6. The molecule has 0 amide bonds. The Hall–Kier alpha value is -2.55. The minimum absolute atomic E-state index is 0.796. The second kappa shape index (κ2) is 5.44. The van der Waals surface area contributed by atoms with Crippen LogP contribution in [0.4, 0.5) is 0 Å². The van der Waals surface area contributed by atoms with Crippen LogP contribution in [0.5, 0.6) is 11.5 Å². The molecule has 3 rings (SSSR count). The van der Waals surface area contributed by atoms with E-state index in [0.29, 0.717) is 0 Å². The number of rotatable bonds is 3. The van der Waals surface area contributed by atoms with Crippen molar-refractivity contribution < 1.29 is 9.47 Å². The predicted molar refractivity (Wildman–Crippen MR) is 85.0 cm³/mol. The number of benzene rings is 2. The molecule has 0 fully saturated rings. The van der Waals surface area contributed by atoms with E-state index in [1.165, 1.54) is 0 Å². The Kier molecular flexibility index (Phi) is 3.48. The second-order valence-electron chi connectivity index (χ2n) is 4.93. The largest absolute Gasteiger partial charge is 0.496 e. The first-order valence-electron chi connectivity index (χ1n) is 6.81. The van der Waals surface area contributed by atoms with Crippen LogP contribution in [0, 0.1) is 6.92 Å². The van der Waals surface area contributed by atoms with E-state index >= 15 is 0 Å². The Balaban J connectivity index is 2.37. The van der Waals surface area contributed by atoms with Crippen molar-refractivity contribution in [2.75, 3.05) is 14.2 Å². The monoisotopic (exact) mass is 279 g/mol. The molecule has 1 heterocycles. The summed E-state index contributed by atoms with van der Waals surface area (Å²) in [5.41, 5.74) is 4.00. The summed E-state index contributed by atoms with van der Waals surface area (Å²) in [6.07, 6.45) is 1.80. The first kappa shape index (κ1) is 13.4. The minimum atomic E-state index is 0.796. The highest BCUT2D eigenvalue weighted by Crippen LogP contribution is 2.41. The van der Waals surface area contributed by atoms with E-state index in [2.05, 4.69) is 17.1 Å². The molecule has 1 aromatic heterocycles. The zero-order valence-corrected chi connectivity index (χ0v) is 12.4. The van der Waals surface area contributed by atoms with Gasteiger partial charge in [0.15, 0.2) is 0 Å². The van der Waals surface area contributed by atoms with Gasteiger partial charge in [0.05, 0.1) is 25.3 Å². The molecule has 2 aromatic carbocycles. The van der Waals surface area contributed by atoms with Crippen molar-refractivity contribution in [3.63, 3.8) is 0 Å². The molecular weight excluding hydrogens is 262 g/mol. The smallest absolute Gasteiger partial charge is 0.130 e. The Labute approximate surface area is 124 Å².